The summed E-state index contributed by atoms with van der Waals surface area (Å²) < 4.78 is 0. The number of β-amino-alcohol motifs (C(OH)–C–C–N with tert-alkyl or cyclic N) is 1. The van der Waals surface area contributed by atoms with Crippen LogP contribution in [0.25, 0.3) is 10.9 Å². The molecular weight excluding hydrogens is 300 g/mol. The van der Waals surface area contributed by atoms with Gasteiger partial charge in [0.15, 0.2) is 0 Å². The van der Waals surface area contributed by atoms with Crippen molar-refractivity contribution in [1.82, 2.24) is 14.9 Å². The summed E-state index contributed by atoms with van der Waals surface area (Å²) in [4.78, 5) is 12.0. The number of benzene rings is 1. The molecule has 124 valence electrons. The molecule has 2 N–H and O–H groups in total. The van der Waals surface area contributed by atoms with Crippen LogP contribution >= 0.6 is 0 Å². The third-order valence-electron chi connectivity index (χ3n) is 4.68. The van der Waals surface area contributed by atoms with Gasteiger partial charge in [0.25, 0.3) is 0 Å². The third-order valence-corrected chi connectivity index (χ3v) is 4.68. The lowest BCUT2D eigenvalue weighted by atomic mass is 10.1. The molecule has 1 aliphatic heterocycles. The summed E-state index contributed by atoms with van der Waals surface area (Å²) in [6, 6.07) is 12.5. The van der Waals surface area contributed by atoms with Crippen LogP contribution in [0.3, 0.4) is 0 Å². The number of nitrogens with one attached hydrogen (secondary N) is 1. The standard InChI is InChI=1S/C19H22N4O/c24-18-13-22(10-11-23(14-18)17-5-7-20-8-6-17)12-16-3-1-2-15-4-9-21-19(15)16/h1-9,18,21,24H,10-14H2. The highest BCUT2D eigenvalue weighted by Crippen LogP contribution is 2.20. The number of para-hydroxylation sites is 1. The minimum Gasteiger partial charge on any atom is -0.390 e. The molecule has 0 bridgehead atoms. The normalized spacial score (nSPS) is 19.5. The third kappa shape index (κ3) is 3.13. The van der Waals surface area contributed by atoms with Crippen molar-refractivity contribution in [2.45, 2.75) is 12.6 Å². The number of aromatic amines is 1. The Morgan fingerprint density at radius 2 is 1.96 bits per heavy atom. The molecule has 1 aliphatic rings. The van der Waals surface area contributed by atoms with Crippen LogP contribution in [0.4, 0.5) is 5.69 Å². The molecule has 1 fully saturated rings. The average molecular weight is 322 g/mol. The van der Waals surface area contributed by atoms with E-state index in [1.807, 2.05) is 18.3 Å². The topological polar surface area (TPSA) is 55.4 Å². The molecule has 2 aromatic heterocycles. The maximum Gasteiger partial charge on any atom is 0.0841 e. The van der Waals surface area contributed by atoms with E-state index in [2.05, 4.69) is 44.0 Å². The van der Waals surface area contributed by atoms with E-state index in [0.29, 0.717) is 13.1 Å². The maximum absolute atomic E-state index is 10.4. The number of fused-ring (bicyclic) bond motifs is 1. The van der Waals surface area contributed by atoms with E-state index < -0.39 is 0 Å². The summed E-state index contributed by atoms with van der Waals surface area (Å²) in [5.41, 5.74) is 3.60. The molecule has 1 aromatic carbocycles. The molecule has 1 saturated heterocycles. The van der Waals surface area contributed by atoms with Gasteiger partial charge in [-0.05, 0) is 29.1 Å². The van der Waals surface area contributed by atoms with Gasteiger partial charge in [-0.1, -0.05) is 18.2 Å². The average Bonchev–Trinajstić information content (AvgIpc) is 3.01. The number of aliphatic hydroxyl groups excluding tert-OH is 1. The fraction of sp³-hybridized carbons (Fsp3) is 0.316. The lowest BCUT2D eigenvalue weighted by molar-refractivity contribution is 0.129. The maximum atomic E-state index is 10.4. The van der Waals surface area contributed by atoms with Crippen molar-refractivity contribution < 1.29 is 5.11 Å². The summed E-state index contributed by atoms with van der Waals surface area (Å²) in [6.45, 7) is 4.03. The zero-order valence-corrected chi connectivity index (χ0v) is 13.6. The number of pyridine rings is 1. The summed E-state index contributed by atoms with van der Waals surface area (Å²) in [7, 11) is 0. The molecule has 1 atom stereocenters. The predicted molar refractivity (Wildman–Crippen MR) is 96.0 cm³/mol. The molecule has 0 radical (unpaired) electrons. The second-order valence-corrected chi connectivity index (χ2v) is 6.40. The number of rotatable bonds is 3. The predicted octanol–water partition coefficient (Wildman–Crippen LogP) is 2.25. The molecule has 3 aromatic rings. The Balaban J connectivity index is 1.50. The highest BCUT2D eigenvalue weighted by atomic mass is 16.3. The van der Waals surface area contributed by atoms with Gasteiger partial charge in [0.1, 0.15) is 0 Å². The number of aliphatic hydroxyl groups is 1. The number of aromatic nitrogens is 2. The van der Waals surface area contributed by atoms with Crippen molar-refractivity contribution in [2.24, 2.45) is 0 Å². The van der Waals surface area contributed by atoms with Gasteiger partial charge in [0, 0.05) is 62.5 Å². The first-order valence-corrected chi connectivity index (χ1v) is 8.40. The van der Waals surface area contributed by atoms with Crippen molar-refractivity contribution in [3.63, 3.8) is 0 Å². The second kappa shape index (κ2) is 6.63. The number of anilines is 1. The van der Waals surface area contributed by atoms with Crippen molar-refractivity contribution in [1.29, 1.82) is 0 Å². The molecule has 3 heterocycles. The molecule has 0 amide bonds. The van der Waals surface area contributed by atoms with Gasteiger partial charge in [-0.3, -0.25) is 9.88 Å². The van der Waals surface area contributed by atoms with Crippen molar-refractivity contribution in [3.05, 3.63) is 60.6 Å². The first kappa shape index (κ1) is 15.2. The molecular formula is C19H22N4O. The van der Waals surface area contributed by atoms with E-state index in [1.165, 1.54) is 16.5 Å². The lowest BCUT2D eigenvalue weighted by Crippen LogP contribution is -2.33. The van der Waals surface area contributed by atoms with Crippen LogP contribution in [0.15, 0.2) is 55.0 Å². The molecule has 0 aliphatic carbocycles. The van der Waals surface area contributed by atoms with E-state index in [1.54, 1.807) is 12.4 Å². The first-order valence-electron chi connectivity index (χ1n) is 8.40. The Kier molecular flexibility index (Phi) is 4.19. The second-order valence-electron chi connectivity index (χ2n) is 6.40. The quantitative estimate of drug-likeness (QED) is 0.776. The Bertz CT molecular complexity index is 801. The van der Waals surface area contributed by atoms with Crippen molar-refractivity contribution in [2.75, 3.05) is 31.1 Å². The Labute approximate surface area is 141 Å². The summed E-state index contributed by atoms with van der Waals surface area (Å²) >= 11 is 0. The van der Waals surface area contributed by atoms with Gasteiger partial charge in [-0.15, -0.1) is 0 Å². The monoisotopic (exact) mass is 322 g/mol. The zero-order chi connectivity index (χ0) is 16.4. The van der Waals surface area contributed by atoms with E-state index in [0.717, 1.165) is 25.3 Å². The van der Waals surface area contributed by atoms with Gasteiger partial charge in [-0.2, -0.15) is 0 Å². The fourth-order valence-corrected chi connectivity index (χ4v) is 3.51. The van der Waals surface area contributed by atoms with Gasteiger partial charge >= 0.3 is 0 Å². The Morgan fingerprint density at radius 3 is 2.83 bits per heavy atom. The highest BCUT2D eigenvalue weighted by molar-refractivity contribution is 5.82. The van der Waals surface area contributed by atoms with Gasteiger partial charge < -0.3 is 15.0 Å². The molecule has 5 heteroatoms. The van der Waals surface area contributed by atoms with Crippen LogP contribution in [0, 0.1) is 0 Å². The summed E-state index contributed by atoms with van der Waals surface area (Å²) in [5.74, 6) is 0. The van der Waals surface area contributed by atoms with Crippen molar-refractivity contribution >= 4 is 16.6 Å². The Hall–Kier alpha value is -2.37. The lowest BCUT2D eigenvalue weighted by Gasteiger charge is -2.23. The smallest absolute Gasteiger partial charge is 0.0841 e. The molecule has 4 rings (SSSR count). The highest BCUT2D eigenvalue weighted by Gasteiger charge is 2.22. The first-order chi connectivity index (χ1) is 11.8. The zero-order valence-electron chi connectivity index (χ0n) is 13.6. The van der Waals surface area contributed by atoms with E-state index >= 15 is 0 Å². The molecule has 5 nitrogen and oxygen atoms in total. The number of hydrogen-bond donors (Lipinski definition) is 2. The fourth-order valence-electron chi connectivity index (χ4n) is 3.51. The van der Waals surface area contributed by atoms with Crippen LogP contribution < -0.4 is 4.90 Å². The van der Waals surface area contributed by atoms with E-state index in [4.69, 9.17) is 0 Å². The van der Waals surface area contributed by atoms with Gasteiger partial charge in [0.05, 0.1) is 6.10 Å². The van der Waals surface area contributed by atoms with E-state index in [9.17, 15) is 5.11 Å². The van der Waals surface area contributed by atoms with Crippen LogP contribution in [0.1, 0.15) is 5.56 Å². The summed E-state index contributed by atoms with van der Waals surface area (Å²) in [6.07, 6.45) is 5.23. The number of H-pyrrole nitrogens is 1. The minimum absolute atomic E-state index is 0.358. The van der Waals surface area contributed by atoms with Crippen LogP contribution in [0.2, 0.25) is 0 Å². The van der Waals surface area contributed by atoms with E-state index in [-0.39, 0.29) is 6.10 Å². The van der Waals surface area contributed by atoms with Gasteiger partial charge in [0.2, 0.25) is 0 Å². The van der Waals surface area contributed by atoms with Crippen LogP contribution in [0.5, 0.6) is 0 Å². The Morgan fingerprint density at radius 1 is 1.08 bits per heavy atom. The molecule has 0 saturated carbocycles. The van der Waals surface area contributed by atoms with Gasteiger partial charge in [-0.25, -0.2) is 0 Å². The van der Waals surface area contributed by atoms with Crippen LogP contribution in [-0.4, -0.2) is 52.3 Å². The SMILES string of the molecule is OC1CN(Cc2cccc3cc[nH]c23)CCN(c2ccncc2)C1. The summed E-state index contributed by atoms with van der Waals surface area (Å²) in [5, 5.41) is 11.7. The number of hydrogen-bond acceptors (Lipinski definition) is 4. The number of nitrogens with zero attached hydrogens (tertiary/aromatic N) is 3. The molecule has 0 spiro atoms. The minimum atomic E-state index is -0.358. The largest absolute Gasteiger partial charge is 0.390 e. The van der Waals surface area contributed by atoms with Crippen LogP contribution in [-0.2, 0) is 6.54 Å². The van der Waals surface area contributed by atoms with Crippen molar-refractivity contribution in [3.8, 4) is 0 Å². The molecule has 1 unspecified atom stereocenters. The molecule has 24 heavy (non-hydrogen) atoms.